The quantitative estimate of drug-likeness (QED) is 0.882. The summed E-state index contributed by atoms with van der Waals surface area (Å²) in [6, 6.07) is 12.5. The maximum Gasteiger partial charge on any atom is 0.261 e. The van der Waals surface area contributed by atoms with Gasteiger partial charge in [0.25, 0.3) is 5.91 Å². The van der Waals surface area contributed by atoms with E-state index in [9.17, 15) is 4.79 Å². The number of hydrogen-bond acceptors (Lipinski definition) is 3. The molecule has 3 nitrogen and oxygen atoms in total. The largest absolute Gasteiger partial charge is 0.349 e. The van der Waals surface area contributed by atoms with Crippen molar-refractivity contribution in [1.29, 1.82) is 0 Å². The summed E-state index contributed by atoms with van der Waals surface area (Å²) >= 11 is 1.58. The van der Waals surface area contributed by atoms with Crippen molar-refractivity contribution in [1.82, 2.24) is 10.2 Å². The van der Waals surface area contributed by atoms with Gasteiger partial charge in [-0.25, -0.2) is 0 Å². The molecule has 1 heterocycles. The first kappa shape index (κ1) is 16.7. The summed E-state index contributed by atoms with van der Waals surface area (Å²) < 4.78 is 0. The third-order valence-electron chi connectivity index (χ3n) is 3.89. The summed E-state index contributed by atoms with van der Waals surface area (Å²) in [4.78, 5) is 16.5. The molecule has 0 bridgehead atoms. The van der Waals surface area contributed by atoms with Crippen LogP contribution in [0, 0.1) is 6.92 Å². The lowest BCUT2D eigenvalue weighted by Gasteiger charge is -2.25. The van der Waals surface area contributed by atoms with E-state index in [2.05, 4.69) is 36.2 Å². The molecule has 1 atom stereocenters. The molecule has 0 saturated carbocycles. The lowest BCUT2D eigenvalue weighted by Crippen LogP contribution is -2.34. The van der Waals surface area contributed by atoms with Crippen LogP contribution in [0.3, 0.4) is 0 Å². The Hall–Kier alpha value is -1.65. The van der Waals surface area contributed by atoms with Gasteiger partial charge in [0, 0.05) is 11.4 Å². The minimum absolute atomic E-state index is 0.0237. The predicted molar refractivity (Wildman–Crippen MR) is 93.6 cm³/mol. The summed E-state index contributed by atoms with van der Waals surface area (Å²) in [7, 11) is 4.07. The molecule has 118 valence electrons. The molecule has 0 saturated heterocycles. The van der Waals surface area contributed by atoms with E-state index in [-0.39, 0.29) is 11.9 Å². The monoisotopic (exact) mass is 316 g/mol. The van der Waals surface area contributed by atoms with E-state index in [0.717, 1.165) is 11.3 Å². The fraction of sp³-hybridized carbons (Fsp3) is 0.389. The van der Waals surface area contributed by atoms with E-state index < -0.39 is 0 Å². The van der Waals surface area contributed by atoms with Crippen LogP contribution in [0.15, 0.2) is 36.4 Å². The van der Waals surface area contributed by atoms with Crippen LogP contribution in [0.1, 0.15) is 38.6 Å². The smallest absolute Gasteiger partial charge is 0.261 e. The molecule has 2 rings (SSSR count). The Labute approximate surface area is 137 Å². The molecule has 2 aromatic rings. The van der Waals surface area contributed by atoms with Gasteiger partial charge in [0.15, 0.2) is 0 Å². The molecule has 0 fully saturated rings. The number of nitrogens with zero attached hydrogens (tertiary/aromatic N) is 1. The Morgan fingerprint density at radius 1 is 1.27 bits per heavy atom. The van der Waals surface area contributed by atoms with Crippen molar-refractivity contribution in [2.75, 3.05) is 20.6 Å². The van der Waals surface area contributed by atoms with E-state index in [4.69, 9.17) is 0 Å². The molecule has 22 heavy (non-hydrogen) atoms. The summed E-state index contributed by atoms with van der Waals surface area (Å²) in [5.74, 6) is 0.0237. The Bertz CT molecular complexity index is 619. The van der Waals surface area contributed by atoms with Crippen molar-refractivity contribution in [3.8, 4) is 0 Å². The summed E-state index contributed by atoms with van der Waals surface area (Å²) in [5, 5.41) is 3.07. The van der Waals surface area contributed by atoms with Gasteiger partial charge in [-0.05, 0) is 44.6 Å². The number of nitrogens with one attached hydrogen (secondary N) is 1. The number of carbonyl (C=O) groups excluding carboxylic acids is 1. The van der Waals surface area contributed by atoms with Crippen LogP contribution in [-0.2, 0) is 6.42 Å². The third kappa shape index (κ3) is 3.96. The van der Waals surface area contributed by atoms with Gasteiger partial charge in [-0.15, -0.1) is 11.3 Å². The Balaban J connectivity index is 2.04. The number of hydrogen-bond donors (Lipinski definition) is 1. The number of likely N-dealkylation sites (N-methyl/N-ethyl adjacent to an activating group) is 1. The SMILES string of the molecule is CCc1cc(C(=O)NC[C@H](c2ccccc2)N(C)C)sc1C. The molecular formula is C18H24N2OS. The van der Waals surface area contributed by atoms with Gasteiger partial charge in [0.05, 0.1) is 10.9 Å². The second kappa shape index (κ2) is 7.56. The highest BCUT2D eigenvalue weighted by Crippen LogP contribution is 2.22. The van der Waals surface area contributed by atoms with Crippen LogP contribution in [-0.4, -0.2) is 31.4 Å². The molecule has 0 aliphatic heterocycles. The lowest BCUT2D eigenvalue weighted by molar-refractivity contribution is 0.0946. The van der Waals surface area contributed by atoms with Crippen molar-refractivity contribution >= 4 is 17.2 Å². The third-order valence-corrected chi connectivity index (χ3v) is 4.98. The summed E-state index contributed by atoms with van der Waals surface area (Å²) in [6.45, 7) is 4.80. The van der Waals surface area contributed by atoms with Crippen molar-refractivity contribution < 1.29 is 4.79 Å². The van der Waals surface area contributed by atoms with Gasteiger partial charge in [-0.3, -0.25) is 4.79 Å². The number of carbonyl (C=O) groups is 1. The minimum atomic E-state index is 0.0237. The molecule has 0 aliphatic carbocycles. The molecule has 0 aliphatic rings. The fourth-order valence-electron chi connectivity index (χ4n) is 2.53. The predicted octanol–water partition coefficient (Wildman–Crippen LogP) is 3.65. The highest BCUT2D eigenvalue weighted by atomic mass is 32.1. The van der Waals surface area contributed by atoms with E-state index in [1.54, 1.807) is 11.3 Å². The molecule has 4 heteroatoms. The Morgan fingerprint density at radius 3 is 2.50 bits per heavy atom. The normalized spacial score (nSPS) is 12.4. The number of aryl methyl sites for hydroxylation is 2. The van der Waals surface area contributed by atoms with Gasteiger partial charge < -0.3 is 10.2 Å². The van der Waals surface area contributed by atoms with Crippen LogP contribution in [0.5, 0.6) is 0 Å². The highest BCUT2D eigenvalue weighted by molar-refractivity contribution is 7.14. The zero-order valence-corrected chi connectivity index (χ0v) is 14.5. The van der Waals surface area contributed by atoms with E-state index in [1.807, 2.05) is 38.4 Å². The van der Waals surface area contributed by atoms with E-state index in [1.165, 1.54) is 16.0 Å². The lowest BCUT2D eigenvalue weighted by atomic mass is 10.1. The number of amides is 1. The van der Waals surface area contributed by atoms with Gasteiger partial charge in [0.2, 0.25) is 0 Å². The zero-order chi connectivity index (χ0) is 16.1. The molecule has 0 spiro atoms. The molecule has 1 aromatic heterocycles. The van der Waals surface area contributed by atoms with Gasteiger partial charge in [-0.2, -0.15) is 0 Å². The van der Waals surface area contributed by atoms with E-state index in [0.29, 0.717) is 6.54 Å². The van der Waals surface area contributed by atoms with E-state index >= 15 is 0 Å². The van der Waals surface area contributed by atoms with Crippen LogP contribution in [0.25, 0.3) is 0 Å². The Morgan fingerprint density at radius 2 is 1.95 bits per heavy atom. The van der Waals surface area contributed by atoms with Crippen molar-refractivity contribution in [3.05, 3.63) is 57.3 Å². The molecule has 0 unspecified atom stereocenters. The number of benzene rings is 1. The second-order valence-electron chi connectivity index (χ2n) is 5.65. The second-order valence-corrected chi connectivity index (χ2v) is 6.90. The molecular weight excluding hydrogens is 292 g/mol. The first-order valence-corrected chi connectivity index (χ1v) is 8.43. The summed E-state index contributed by atoms with van der Waals surface area (Å²) in [5.41, 5.74) is 2.48. The first-order chi connectivity index (χ1) is 10.5. The van der Waals surface area contributed by atoms with Crippen molar-refractivity contribution in [2.45, 2.75) is 26.3 Å². The maximum atomic E-state index is 12.4. The highest BCUT2D eigenvalue weighted by Gasteiger charge is 2.17. The fourth-order valence-corrected chi connectivity index (χ4v) is 3.56. The van der Waals surface area contributed by atoms with Crippen LogP contribution in [0.2, 0.25) is 0 Å². The minimum Gasteiger partial charge on any atom is -0.349 e. The van der Waals surface area contributed by atoms with Crippen LogP contribution >= 0.6 is 11.3 Å². The van der Waals surface area contributed by atoms with Crippen LogP contribution in [0.4, 0.5) is 0 Å². The number of thiophene rings is 1. The van der Waals surface area contributed by atoms with Gasteiger partial charge in [-0.1, -0.05) is 37.3 Å². The van der Waals surface area contributed by atoms with Crippen molar-refractivity contribution in [2.24, 2.45) is 0 Å². The van der Waals surface area contributed by atoms with Crippen LogP contribution < -0.4 is 5.32 Å². The molecule has 1 amide bonds. The van der Waals surface area contributed by atoms with Gasteiger partial charge in [0.1, 0.15) is 0 Å². The van der Waals surface area contributed by atoms with Crippen molar-refractivity contribution in [3.63, 3.8) is 0 Å². The van der Waals surface area contributed by atoms with Gasteiger partial charge >= 0.3 is 0 Å². The molecule has 1 aromatic carbocycles. The molecule has 1 N–H and O–H groups in total. The first-order valence-electron chi connectivity index (χ1n) is 7.61. The average Bonchev–Trinajstić information content (AvgIpc) is 2.89. The standard InChI is InChI=1S/C18H24N2OS/c1-5-14-11-17(22-13(14)2)18(21)19-12-16(20(3)4)15-9-7-6-8-10-15/h6-11,16H,5,12H2,1-4H3,(H,19,21)/t16-/m1/s1. The topological polar surface area (TPSA) is 32.3 Å². The Kier molecular flexibility index (Phi) is 5.75. The molecule has 0 radical (unpaired) electrons. The maximum absolute atomic E-state index is 12.4. The zero-order valence-electron chi connectivity index (χ0n) is 13.7. The summed E-state index contributed by atoms with van der Waals surface area (Å²) in [6.07, 6.45) is 0.972. The average molecular weight is 316 g/mol. The number of rotatable bonds is 6.